The van der Waals surface area contributed by atoms with E-state index < -0.39 is 0 Å². The summed E-state index contributed by atoms with van der Waals surface area (Å²) in [6.45, 7) is 9.30. The number of esters is 1. The second-order valence-electron chi connectivity index (χ2n) is 4.28. The minimum absolute atomic E-state index is 0.0765. The van der Waals surface area contributed by atoms with Crippen molar-refractivity contribution >= 4 is 5.97 Å². The largest absolute Gasteiger partial charge is 0.460 e. The highest BCUT2D eigenvalue weighted by Gasteiger charge is 2.43. The lowest BCUT2D eigenvalue weighted by atomic mass is 10.2. The van der Waals surface area contributed by atoms with Crippen LogP contribution in [0.2, 0.25) is 0 Å². The molecule has 2 nitrogen and oxygen atoms in total. The molecule has 1 saturated carbocycles. The van der Waals surface area contributed by atoms with E-state index in [0.29, 0.717) is 5.92 Å². The van der Waals surface area contributed by atoms with Crippen LogP contribution in [0.4, 0.5) is 0 Å². The second-order valence-corrected chi connectivity index (χ2v) is 4.28. The Kier molecular flexibility index (Phi) is 2.27. The van der Waals surface area contributed by atoms with Crippen LogP contribution in [-0.2, 0) is 9.53 Å². The smallest absolute Gasteiger partial charge is 0.310 e. The number of ether oxygens (including phenoxy) is 1. The first-order valence-electron chi connectivity index (χ1n) is 4.29. The van der Waals surface area contributed by atoms with Gasteiger partial charge in [0.2, 0.25) is 0 Å². The van der Waals surface area contributed by atoms with E-state index in [1.165, 1.54) is 0 Å². The van der Waals surface area contributed by atoms with Crippen molar-refractivity contribution in [2.45, 2.75) is 32.8 Å². The minimum atomic E-state index is -0.356. The maximum Gasteiger partial charge on any atom is 0.310 e. The molecule has 2 heteroatoms. The lowest BCUT2D eigenvalue weighted by Crippen LogP contribution is -2.25. The van der Waals surface area contributed by atoms with E-state index in [4.69, 9.17) is 4.74 Å². The normalized spacial score (nSPS) is 27.9. The van der Waals surface area contributed by atoms with Gasteiger partial charge in [0.05, 0.1) is 5.92 Å². The van der Waals surface area contributed by atoms with Crippen molar-refractivity contribution in [3.63, 3.8) is 0 Å². The fourth-order valence-corrected chi connectivity index (χ4v) is 1.12. The molecule has 0 aliphatic heterocycles. The molecule has 1 rings (SSSR count). The molecule has 0 aromatic carbocycles. The highest BCUT2D eigenvalue weighted by atomic mass is 16.6. The minimum Gasteiger partial charge on any atom is -0.460 e. The number of carbonyl (C=O) groups excluding carboxylic acids is 1. The molecule has 68 valence electrons. The molecule has 0 saturated heterocycles. The van der Waals surface area contributed by atoms with Gasteiger partial charge in [-0.05, 0) is 33.1 Å². The van der Waals surface area contributed by atoms with E-state index in [1.54, 1.807) is 0 Å². The zero-order valence-corrected chi connectivity index (χ0v) is 7.96. The Morgan fingerprint density at radius 1 is 1.58 bits per heavy atom. The summed E-state index contributed by atoms with van der Waals surface area (Å²) < 4.78 is 5.21. The summed E-state index contributed by atoms with van der Waals surface area (Å²) >= 11 is 0. The Morgan fingerprint density at radius 3 is 2.50 bits per heavy atom. The zero-order chi connectivity index (χ0) is 9.35. The molecule has 12 heavy (non-hydrogen) atoms. The molecule has 1 fully saturated rings. The fourth-order valence-electron chi connectivity index (χ4n) is 1.12. The van der Waals surface area contributed by atoms with Gasteiger partial charge in [-0.15, -0.1) is 6.58 Å². The molecule has 0 spiro atoms. The van der Waals surface area contributed by atoms with Crippen molar-refractivity contribution in [2.75, 3.05) is 0 Å². The first-order valence-corrected chi connectivity index (χ1v) is 4.29. The van der Waals surface area contributed by atoms with Gasteiger partial charge in [-0.1, -0.05) is 6.08 Å². The Morgan fingerprint density at radius 2 is 2.17 bits per heavy atom. The molecule has 2 atom stereocenters. The van der Waals surface area contributed by atoms with Gasteiger partial charge in [0.15, 0.2) is 0 Å². The number of hydrogen-bond acceptors (Lipinski definition) is 2. The van der Waals surface area contributed by atoms with Crippen LogP contribution in [0.15, 0.2) is 12.7 Å². The summed E-state index contributed by atoms with van der Waals surface area (Å²) in [6.07, 6.45) is 2.74. The fraction of sp³-hybridized carbons (Fsp3) is 0.700. The quantitative estimate of drug-likeness (QED) is 0.466. The van der Waals surface area contributed by atoms with E-state index >= 15 is 0 Å². The van der Waals surface area contributed by atoms with Gasteiger partial charge in [-0.25, -0.2) is 0 Å². The highest BCUT2D eigenvalue weighted by molar-refractivity contribution is 5.76. The molecule has 1 aliphatic carbocycles. The summed E-state index contributed by atoms with van der Waals surface area (Å²) in [5.74, 6) is 0.369. The summed E-state index contributed by atoms with van der Waals surface area (Å²) in [4.78, 5) is 11.3. The van der Waals surface area contributed by atoms with Crippen LogP contribution in [0, 0.1) is 11.8 Å². The summed E-state index contributed by atoms with van der Waals surface area (Å²) in [6, 6.07) is 0. The SMILES string of the molecule is C=CC1CC1C(=O)OC(C)(C)C. The first kappa shape index (κ1) is 9.30. The molecule has 0 radical (unpaired) electrons. The van der Waals surface area contributed by atoms with Crippen molar-refractivity contribution in [1.82, 2.24) is 0 Å². The van der Waals surface area contributed by atoms with Gasteiger partial charge in [0.25, 0.3) is 0 Å². The van der Waals surface area contributed by atoms with Crippen molar-refractivity contribution in [1.29, 1.82) is 0 Å². The standard InChI is InChI=1S/C10H16O2/c1-5-7-6-8(7)9(11)12-10(2,3)4/h5,7-8H,1,6H2,2-4H3. The van der Waals surface area contributed by atoms with Crippen LogP contribution < -0.4 is 0 Å². The number of hydrogen-bond donors (Lipinski definition) is 0. The van der Waals surface area contributed by atoms with Crippen molar-refractivity contribution in [3.05, 3.63) is 12.7 Å². The van der Waals surface area contributed by atoms with Gasteiger partial charge in [0.1, 0.15) is 5.60 Å². The third-order valence-corrected chi connectivity index (χ3v) is 1.85. The zero-order valence-electron chi connectivity index (χ0n) is 7.96. The van der Waals surface area contributed by atoms with E-state index in [-0.39, 0.29) is 17.5 Å². The van der Waals surface area contributed by atoms with E-state index in [1.807, 2.05) is 26.8 Å². The lowest BCUT2D eigenvalue weighted by molar-refractivity contribution is -0.156. The van der Waals surface area contributed by atoms with E-state index in [9.17, 15) is 4.79 Å². The van der Waals surface area contributed by atoms with Gasteiger partial charge in [-0.2, -0.15) is 0 Å². The number of carbonyl (C=O) groups is 1. The number of allylic oxidation sites excluding steroid dienone is 1. The second kappa shape index (κ2) is 2.92. The molecule has 0 aromatic heterocycles. The third-order valence-electron chi connectivity index (χ3n) is 1.85. The van der Waals surface area contributed by atoms with Crippen LogP contribution in [0.5, 0.6) is 0 Å². The van der Waals surface area contributed by atoms with Gasteiger partial charge < -0.3 is 4.74 Å². The third kappa shape index (κ3) is 2.36. The van der Waals surface area contributed by atoms with Gasteiger partial charge in [-0.3, -0.25) is 4.79 Å². The monoisotopic (exact) mass is 168 g/mol. The Hall–Kier alpha value is -0.790. The molecule has 1 aliphatic rings. The predicted octanol–water partition coefficient (Wildman–Crippen LogP) is 2.15. The Balaban J connectivity index is 2.36. The van der Waals surface area contributed by atoms with Crippen molar-refractivity contribution in [3.8, 4) is 0 Å². The van der Waals surface area contributed by atoms with Crippen LogP contribution in [0.1, 0.15) is 27.2 Å². The molecule has 0 bridgehead atoms. The van der Waals surface area contributed by atoms with E-state index in [0.717, 1.165) is 6.42 Å². The average Bonchev–Trinajstić information content (AvgIpc) is 2.60. The summed E-state index contributed by atoms with van der Waals surface area (Å²) in [5.41, 5.74) is -0.356. The Labute approximate surface area is 73.6 Å². The maximum absolute atomic E-state index is 11.3. The number of rotatable bonds is 2. The van der Waals surface area contributed by atoms with Crippen LogP contribution >= 0.6 is 0 Å². The predicted molar refractivity (Wildman–Crippen MR) is 47.6 cm³/mol. The van der Waals surface area contributed by atoms with Crippen LogP contribution in [-0.4, -0.2) is 11.6 Å². The highest BCUT2D eigenvalue weighted by Crippen LogP contribution is 2.40. The van der Waals surface area contributed by atoms with E-state index in [2.05, 4.69) is 6.58 Å². The maximum atomic E-state index is 11.3. The van der Waals surface area contributed by atoms with Crippen molar-refractivity contribution in [2.24, 2.45) is 11.8 Å². The first-order chi connectivity index (χ1) is 5.44. The summed E-state index contributed by atoms with van der Waals surface area (Å²) in [5, 5.41) is 0. The molecule has 2 unspecified atom stereocenters. The molecule has 0 heterocycles. The van der Waals surface area contributed by atoms with Crippen molar-refractivity contribution < 1.29 is 9.53 Å². The lowest BCUT2D eigenvalue weighted by Gasteiger charge is -2.19. The summed E-state index contributed by atoms with van der Waals surface area (Å²) in [7, 11) is 0. The van der Waals surface area contributed by atoms with Crippen LogP contribution in [0.3, 0.4) is 0 Å². The topological polar surface area (TPSA) is 26.3 Å². The molecule has 0 amide bonds. The van der Waals surface area contributed by atoms with Crippen LogP contribution in [0.25, 0.3) is 0 Å². The average molecular weight is 168 g/mol. The Bertz CT molecular complexity index is 200. The molecular formula is C10H16O2. The molecule has 0 aromatic rings. The molecule has 0 N–H and O–H groups in total. The van der Waals surface area contributed by atoms with Gasteiger partial charge >= 0.3 is 5.97 Å². The van der Waals surface area contributed by atoms with Gasteiger partial charge in [0, 0.05) is 0 Å². The molecular weight excluding hydrogens is 152 g/mol.